The van der Waals surface area contributed by atoms with E-state index < -0.39 is 0 Å². The van der Waals surface area contributed by atoms with Crippen molar-refractivity contribution in [1.82, 2.24) is 14.9 Å². The van der Waals surface area contributed by atoms with Crippen molar-refractivity contribution in [1.29, 1.82) is 0 Å². The number of nitrogens with zero attached hydrogens (tertiary/aromatic N) is 2. The number of rotatable bonds is 0. The first kappa shape index (κ1) is 9.55. The van der Waals surface area contributed by atoms with Crippen LogP contribution in [0, 0.1) is 13.8 Å². The Labute approximate surface area is 78.6 Å². The average molecular weight is 188 g/mol. The molecule has 0 atom stereocenters. The van der Waals surface area contributed by atoms with Crippen molar-refractivity contribution in [2.24, 2.45) is 0 Å². The van der Waals surface area contributed by atoms with Crippen LogP contribution in [-0.2, 0) is 13.1 Å². The normalized spacial score (nSPS) is 15.2. The van der Waals surface area contributed by atoms with Gasteiger partial charge in [0, 0.05) is 18.8 Å². The van der Waals surface area contributed by atoms with Crippen molar-refractivity contribution >= 4 is 12.4 Å². The van der Waals surface area contributed by atoms with Crippen molar-refractivity contribution < 1.29 is 0 Å². The minimum atomic E-state index is 0. The Hall–Kier alpha value is -0.540. The fourth-order valence-corrected chi connectivity index (χ4v) is 1.55. The van der Waals surface area contributed by atoms with Gasteiger partial charge in [0.05, 0.1) is 12.2 Å². The third-order valence-electron chi connectivity index (χ3n) is 2.33. The third-order valence-corrected chi connectivity index (χ3v) is 2.33. The molecule has 1 N–H and O–H groups in total. The number of imidazole rings is 1. The van der Waals surface area contributed by atoms with Gasteiger partial charge in [-0.05, 0) is 13.8 Å². The van der Waals surface area contributed by atoms with E-state index in [0.29, 0.717) is 0 Å². The molecule has 0 bridgehead atoms. The zero-order valence-electron chi connectivity index (χ0n) is 7.42. The largest absolute Gasteiger partial charge is 0.330 e. The van der Waals surface area contributed by atoms with Gasteiger partial charge >= 0.3 is 0 Å². The molecular formula is C8H14ClN3. The summed E-state index contributed by atoms with van der Waals surface area (Å²) in [5.74, 6) is 1.19. The summed E-state index contributed by atoms with van der Waals surface area (Å²) < 4.78 is 2.30. The van der Waals surface area contributed by atoms with Crippen LogP contribution in [0.1, 0.15) is 17.2 Å². The fraction of sp³-hybridized carbons (Fsp3) is 0.625. The second-order valence-corrected chi connectivity index (χ2v) is 3.03. The molecule has 2 heterocycles. The molecule has 0 unspecified atom stereocenters. The Morgan fingerprint density at radius 3 is 2.83 bits per heavy atom. The topological polar surface area (TPSA) is 29.9 Å². The standard InChI is InChI=1S/C8H13N3.ClH/c1-6-7(2)11-4-3-9-5-8(11)10-6;/h9H,3-5H2,1-2H3;1H. The lowest BCUT2D eigenvalue weighted by Gasteiger charge is -2.15. The van der Waals surface area contributed by atoms with Crippen LogP contribution in [0.5, 0.6) is 0 Å². The van der Waals surface area contributed by atoms with Crippen molar-refractivity contribution in [2.75, 3.05) is 6.54 Å². The fourth-order valence-electron chi connectivity index (χ4n) is 1.55. The molecule has 68 valence electrons. The van der Waals surface area contributed by atoms with Gasteiger partial charge in [-0.1, -0.05) is 0 Å². The molecule has 1 aromatic heterocycles. The molecule has 0 saturated carbocycles. The van der Waals surface area contributed by atoms with Gasteiger partial charge in [-0.15, -0.1) is 12.4 Å². The Morgan fingerprint density at radius 2 is 2.17 bits per heavy atom. The molecule has 1 aliphatic heterocycles. The molecule has 1 aromatic rings. The van der Waals surface area contributed by atoms with Crippen LogP contribution in [0.3, 0.4) is 0 Å². The maximum Gasteiger partial charge on any atom is 0.123 e. The molecule has 0 spiro atoms. The molecule has 0 radical (unpaired) electrons. The van der Waals surface area contributed by atoms with Gasteiger partial charge in [0.2, 0.25) is 0 Å². The van der Waals surface area contributed by atoms with Gasteiger partial charge in [-0.3, -0.25) is 0 Å². The summed E-state index contributed by atoms with van der Waals surface area (Å²) >= 11 is 0. The van der Waals surface area contributed by atoms with Crippen molar-refractivity contribution in [3.8, 4) is 0 Å². The Morgan fingerprint density at radius 1 is 1.42 bits per heavy atom. The maximum atomic E-state index is 4.45. The molecule has 2 rings (SSSR count). The molecule has 0 aliphatic carbocycles. The van der Waals surface area contributed by atoms with Gasteiger partial charge in [0.15, 0.2) is 0 Å². The number of aromatic nitrogens is 2. The van der Waals surface area contributed by atoms with Crippen LogP contribution in [0.2, 0.25) is 0 Å². The highest BCUT2D eigenvalue weighted by molar-refractivity contribution is 5.85. The molecule has 1 aliphatic rings. The van der Waals surface area contributed by atoms with E-state index in [9.17, 15) is 0 Å². The SMILES string of the molecule is Cc1nc2n(c1C)CCNC2.Cl. The van der Waals surface area contributed by atoms with Crippen LogP contribution >= 0.6 is 12.4 Å². The van der Waals surface area contributed by atoms with Gasteiger partial charge in [0.25, 0.3) is 0 Å². The summed E-state index contributed by atoms with van der Waals surface area (Å²) in [6.07, 6.45) is 0. The van der Waals surface area contributed by atoms with Gasteiger partial charge in [0.1, 0.15) is 5.82 Å². The summed E-state index contributed by atoms with van der Waals surface area (Å²) in [7, 11) is 0. The quantitative estimate of drug-likeness (QED) is 0.658. The molecule has 0 fully saturated rings. The molecule has 12 heavy (non-hydrogen) atoms. The smallest absolute Gasteiger partial charge is 0.123 e. The zero-order valence-corrected chi connectivity index (χ0v) is 8.24. The van der Waals surface area contributed by atoms with Crippen LogP contribution in [0.4, 0.5) is 0 Å². The number of fused-ring (bicyclic) bond motifs is 1. The van der Waals surface area contributed by atoms with E-state index in [-0.39, 0.29) is 12.4 Å². The van der Waals surface area contributed by atoms with Gasteiger partial charge in [-0.2, -0.15) is 0 Å². The number of hydrogen-bond donors (Lipinski definition) is 1. The summed E-state index contributed by atoms with van der Waals surface area (Å²) in [5, 5.41) is 3.30. The van der Waals surface area contributed by atoms with Crippen molar-refractivity contribution in [3.63, 3.8) is 0 Å². The zero-order chi connectivity index (χ0) is 7.84. The van der Waals surface area contributed by atoms with E-state index in [0.717, 1.165) is 19.6 Å². The first-order chi connectivity index (χ1) is 5.29. The van der Waals surface area contributed by atoms with E-state index in [1.54, 1.807) is 0 Å². The van der Waals surface area contributed by atoms with E-state index in [2.05, 4.69) is 28.7 Å². The van der Waals surface area contributed by atoms with Crippen molar-refractivity contribution in [2.45, 2.75) is 26.9 Å². The lowest BCUT2D eigenvalue weighted by atomic mass is 10.3. The van der Waals surface area contributed by atoms with E-state index in [1.807, 2.05) is 0 Å². The highest BCUT2D eigenvalue weighted by Crippen LogP contribution is 2.11. The summed E-state index contributed by atoms with van der Waals surface area (Å²) in [5.41, 5.74) is 2.49. The molecule has 0 amide bonds. The van der Waals surface area contributed by atoms with Crippen LogP contribution in [0.25, 0.3) is 0 Å². The second-order valence-electron chi connectivity index (χ2n) is 3.03. The van der Waals surface area contributed by atoms with E-state index in [1.165, 1.54) is 17.2 Å². The molecule has 4 heteroatoms. The van der Waals surface area contributed by atoms with E-state index >= 15 is 0 Å². The lowest BCUT2D eigenvalue weighted by molar-refractivity contribution is 0.499. The predicted octanol–water partition coefficient (Wildman–Crippen LogP) is 1.02. The minimum Gasteiger partial charge on any atom is -0.330 e. The Bertz CT molecular complexity index is 280. The third kappa shape index (κ3) is 1.34. The lowest BCUT2D eigenvalue weighted by Crippen LogP contribution is -2.28. The minimum absolute atomic E-state index is 0. The van der Waals surface area contributed by atoms with E-state index in [4.69, 9.17) is 0 Å². The number of aryl methyl sites for hydroxylation is 1. The number of halogens is 1. The number of hydrogen-bond acceptors (Lipinski definition) is 2. The molecule has 0 aromatic carbocycles. The van der Waals surface area contributed by atoms with Crippen LogP contribution < -0.4 is 5.32 Å². The molecule has 0 saturated heterocycles. The average Bonchev–Trinajstić information content (AvgIpc) is 2.30. The highest BCUT2D eigenvalue weighted by atomic mass is 35.5. The monoisotopic (exact) mass is 187 g/mol. The number of nitrogens with one attached hydrogen (secondary N) is 1. The summed E-state index contributed by atoms with van der Waals surface area (Å²) in [4.78, 5) is 4.45. The van der Waals surface area contributed by atoms with Crippen molar-refractivity contribution in [3.05, 3.63) is 17.2 Å². The summed E-state index contributed by atoms with van der Waals surface area (Å²) in [6, 6.07) is 0. The first-order valence-electron chi connectivity index (χ1n) is 4.02. The first-order valence-corrected chi connectivity index (χ1v) is 4.02. The highest BCUT2D eigenvalue weighted by Gasteiger charge is 2.13. The van der Waals surface area contributed by atoms with Gasteiger partial charge < -0.3 is 9.88 Å². The van der Waals surface area contributed by atoms with Gasteiger partial charge in [-0.25, -0.2) is 4.98 Å². The molecule has 3 nitrogen and oxygen atoms in total. The predicted molar refractivity (Wildman–Crippen MR) is 50.7 cm³/mol. The summed E-state index contributed by atoms with van der Waals surface area (Å²) in [6.45, 7) is 7.28. The molecular weight excluding hydrogens is 174 g/mol. The Kier molecular flexibility index (Phi) is 2.75. The maximum absolute atomic E-state index is 4.45. The second kappa shape index (κ2) is 3.46. The Balaban J connectivity index is 0.000000720. The van der Waals surface area contributed by atoms with Crippen LogP contribution in [-0.4, -0.2) is 16.1 Å². The van der Waals surface area contributed by atoms with Crippen LogP contribution in [0.15, 0.2) is 0 Å².